The summed E-state index contributed by atoms with van der Waals surface area (Å²) in [5.74, 6) is -0.552. The molecule has 0 aromatic heterocycles. The van der Waals surface area contributed by atoms with Crippen molar-refractivity contribution in [1.82, 2.24) is 0 Å². The van der Waals surface area contributed by atoms with Crippen LogP contribution in [0.4, 0.5) is 13.2 Å². The fourth-order valence-corrected chi connectivity index (χ4v) is 2.44. The van der Waals surface area contributed by atoms with Gasteiger partial charge >= 0.3 is 6.18 Å². The predicted molar refractivity (Wildman–Crippen MR) is 77.5 cm³/mol. The Hall–Kier alpha value is -2.20. The number of nitriles is 1. The lowest BCUT2D eigenvalue weighted by Crippen LogP contribution is -2.07. The van der Waals surface area contributed by atoms with Crippen LogP contribution in [0.15, 0.2) is 34.8 Å². The zero-order valence-corrected chi connectivity index (χ0v) is 12.8. The molecule has 114 valence electrons. The van der Waals surface area contributed by atoms with Gasteiger partial charge in [-0.15, -0.1) is 0 Å². The van der Waals surface area contributed by atoms with Gasteiger partial charge in [-0.1, -0.05) is 6.07 Å². The minimum atomic E-state index is -4.60. The van der Waals surface area contributed by atoms with Crippen LogP contribution in [0, 0.1) is 11.3 Å². The number of aromatic hydroxyl groups is 1. The van der Waals surface area contributed by atoms with Crippen LogP contribution >= 0.6 is 15.9 Å². The SMILES string of the molecule is COc1ccc(-c2cc(C#N)cc(Br)c2O)cc1C(F)(F)F. The van der Waals surface area contributed by atoms with Crippen molar-refractivity contribution in [2.45, 2.75) is 6.18 Å². The summed E-state index contributed by atoms with van der Waals surface area (Å²) in [5, 5.41) is 19.0. The number of benzene rings is 2. The molecule has 2 rings (SSSR count). The van der Waals surface area contributed by atoms with Gasteiger partial charge in [0.25, 0.3) is 0 Å². The van der Waals surface area contributed by atoms with Gasteiger partial charge in [0.1, 0.15) is 11.5 Å². The Balaban J connectivity index is 2.69. The van der Waals surface area contributed by atoms with Crippen LogP contribution in [0.1, 0.15) is 11.1 Å². The highest BCUT2D eigenvalue weighted by Gasteiger charge is 2.34. The first-order valence-corrected chi connectivity index (χ1v) is 6.75. The third-order valence-corrected chi connectivity index (χ3v) is 3.61. The Bertz CT molecular complexity index is 767. The molecule has 0 radical (unpaired) electrons. The van der Waals surface area contributed by atoms with E-state index in [1.807, 2.05) is 6.07 Å². The number of methoxy groups -OCH3 is 1. The van der Waals surface area contributed by atoms with Gasteiger partial charge < -0.3 is 9.84 Å². The van der Waals surface area contributed by atoms with Crippen LogP contribution in [-0.2, 0) is 6.18 Å². The van der Waals surface area contributed by atoms with Gasteiger partial charge in [0.05, 0.1) is 28.8 Å². The molecule has 0 amide bonds. The minimum absolute atomic E-state index is 0.124. The zero-order chi connectivity index (χ0) is 16.5. The molecule has 22 heavy (non-hydrogen) atoms. The Morgan fingerprint density at radius 1 is 1.23 bits per heavy atom. The number of alkyl halides is 3. The highest BCUT2D eigenvalue weighted by molar-refractivity contribution is 9.10. The van der Waals surface area contributed by atoms with Crippen molar-refractivity contribution in [1.29, 1.82) is 5.26 Å². The maximum absolute atomic E-state index is 13.1. The molecule has 0 aliphatic carbocycles. The minimum Gasteiger partial charge on any atom is -0.506 e. The standard InChI is InChI=1S/C15H9BrF3NO2/c1-22-13-3-2-9(6-11(13)15(17,18)19)10-4-8(7-20)5-12(16)14(10)21/h2-6,21H,1H3. The third-order valence-electron chi connectivity index (χ3n) is 3.01. The van der Waals surface area contributed by atoms with E-state index in [-0.39, 0.29) is 32.7 Å². The summed E-state index contributed by atoms with van der Waals surface area (Å²) >= 11 is 3.07. The zero-order valence-electron chi connectivity index (χ0n) is 11.2. The molecule has 2 aromatic carbocycles. The summed E-state index contributed by atoms with van der Waals surface area (Å²) in [7, 11) is 1.15. The van der Waals surface area contributed by atoms with Gasteiger partial charge in [-0.25, -0.2) is 0 Å². The van der Waals surface area contributed by atoms with Crippen molar-refractivity contribution in [3.8, 4) is 28.7 Å². The molecule has 2 aromatic rings. The number of ether oxygens (including phenoxy) is 1. The second-order valence-corrected chi connectivity index (χ2v) is 5.23. The molecule has 0 saturated carbocycles. The molecule has 3 nitrogen and oxygen atoms in total. The number of hydrogen-bond acceptors (Lipinski definition) is 3. The number of phenolic OH excluding ortho intramolecular Hbond substituents is 1. The van der Waals surface area contributed by atoms with Crippen LogP contribution in [0.5, 0.6) is 11.5 Å². The first-order valence-electron chi connectivity index (χ1n) is 5.96. The van der Waals surface area contributed by atoms with Crippen molar-refractivity contribution in [3.63, 3.8) is 0 Å². The Morgan fingerprint density at radius 3 is 2.45 bits per heavy atom. The molecule has 0 aliphatic heterocycles. The summed E-state index contributed by atoms with van der Waals surface area (Å²) in [5.41, 5.74) is -0.489. The second kappa shape index (κ2) is 5.89. The molecule has 0 spiro atoms. The van der Waals surface area contributed by atoms with Gasteiger partial charge in [0.15, 0.2) is 0 Å². The van der Waals surface area contributed by atoms with E-state index in [1.54, 1.807) is 0 Å². The summed E-state index contributed by atoms with van der Waals surface area (Å²) in [4.78, 5) is 0. The normalized spacial score (nSPS) is 11.1. The average Bonchev–Trinajstić information content (AvgIpc) is 2.48. The Kier molecular flexibility index (Phi) is 4.33. The van der Waals surface area contributed by atoms with Gasteiger partial charge in [-0.05, 0) is 45.8 Å². The fourth-order valence-electron chi connectivity index (χ4n) is 1.98. The van der Waals surface area contributed by atoms with E-state index in [2.05, 4.69) is 15.9 Å². The monoisotopic (exact) mass is 371 g/mol. The molecule has 0 fully saturated rings. The van der Waals surface area contributed by atoms with Crippen molar-refractivity contribution in [3.05, 3.63) is 45.9 Å². The second-order valence-electron chi connectivity index (χ2n) is 4.38. The smallest absolute Gasteiger partial charge is 0.419 e. The molecular weight excluding hydrogens is 363 g/mol. The van der Waals surface area contributed by atoms with Gasteiger partial charge in [0.2, 0.25) is 0 Å². The molecule has 0 unspecified atom stereocenters. The maximum Gasteiger partial charge on any atom is 0.419 e. The molecule has 0 aliphatic rings. The lowest BCUT2D eigenvalue weighted by Gasteiger charge is -2.14. The van der Waals surface area contributed by atoms with E-state index in [1.165, 1.54) is 24.3 Å². The summed E-state index contributed by atoms with van der Waals surface area (Å²) in [6.07, 6.45) is -4.60. The van der Waals surface area contributed by atoms with Crippen LogP contribution < -0.4 is 4.74 Å². The Labute approximate surface area is 132 Å². The molecule has 0 bridgehead atoms. The number of phenols is 1. The highest BCUT2D eigenvalue weighted by Crippen LogP contribution is 2.42. The van der Waals surface area contributed by atoms with E-state index in [0.717, 1.165) is 13.2 Å². The molecular formula is C15H9BrF3NO2. The number of halogens is 4. The number of hydrogen-bond donors (Lipinski definition) is 1. The largest absolute Gasteiger partial charge is 0.506 e. The van der Waals surface area contributed by atoms with E-state index in [9.17, 15) is 18.3 Å². The van der Waals surface area contributed by atoms with Crippen LogP contribution in [0.3, 0.4) is 0 Å². The van der Waals surface area contributed by atoms with Gasteiger partial charge in [-0.3, -0.25) is 0 Å². The summed E-state index contributed by atoms with van der Waals surface area (Å²) < 4.78 is 44.1. The van der Waals surface area contributed by atoms with E-state index < -0.39 is 11.7 Å². The van der Waals surface area contributed by atoms with E-state index in [4.69, 9.17) is 10.00 Å². The maximum atomic E-state index is 13.1. The molecule has 0 saturated heterocycles. The van der Waals surface area contributed by atoms with Crippen LogP contribution in [0.25, 0.3) is 11.1 Å². The number of rotatable bonds is 2. The van der Waals surface area contributed by atoms with Crippen molar-refractivity contribution >= 4 is 15.9 Å². The van der Waals surface area contributed by atoms with Crippen LogP contribution in [-0.4, -0.2) is 12.2 Å². The Morgan fingerprint density at radius 2 is 1.91 bits per heavy atom. The van der Waals surface area contributed by atoms with Crippen molar-refractivity contribution in [2.24, 2.45) is 0 Å². The molecule has 0 atom stereocenters. The lowest BCUT2D eigenvalue weighted by atomic mass is 9.99. The van der Waals surface area contributed by atoms with Crippen molar-refractivity contribution in [2.75, 3.05) is 7.11 Å². The number of nitrogens with zero attached hydrogens (tertiary/aromatic N) is 1. The van der Waals surface area contributed by atoms with Gasteiger partial charge in [-0.2, -0.15) is 18.4 Å². The average molecular weight is 372 g/mol. The summed E-state index contributed by atoms with van der Waals surface area (Å²) in [6, 6.07) is 8.02. The predicted octanol–water partition coefficient (Wildman–Crippen LogP) is 4.72. The lowest BCUT2D eigenvalue weighted by molar-refractivity contribution is -0.138. The van der Waals surface area contributed by atoms with Gasteiger partial charge in [0, 0.05) is 5.56 Å². The highest BCUT2D eigenvalue weighted by atomic mass is 79.9. The quantitative estimate of drug-likeness (QED) is 0.830. The molecule has 1 N–H and O–H groups in total. The van der Waals surface area contributed by atoms with Crippen LogP contribution in [0.2, 0.25) is 0 Å². The van der Waals surface area contributed by atoms with E-state index >= 15 is 0 Å². The third kappa shape index (κ3) is 3.02. The molecule has 0 heterocycles. The molecule has 7 heteroatoms. The summed E-state index contributed by atoms with van der Waals surface area (Å²) in [6.45, 7) is 0. The van der Waals surface area contributed by atoms with Crippen molar-refractivity contribution < 1.29 is 23.0 Å². The first kappa shape index (κ1) is 16.2. The topological polar surface area (TPSA) is 53.2 Å². The fraction of sp³-hybridized carbons (Fsp3) is 0.133. The first-order chi connectivity index (χ1) is 10.3. The van der Waals surface area contributed by atoms with E-state index in [0.29, 0.717) is 0 Å².